The van der Waals surface area contributed by atoms with Crippen molar-refractivity contribution in [3.63, 3.8) is 0 Å². The molecule has 0 aromatic heterocycles. The Morgan fingerprint density at radius 2 is 2.43 bits per heavy atom. The molecule has 1 rings (SSSR count). The summed E-state index contributed by atoms with van der Waals surface area (Å²) in [7, 11) is 0. The Morgan fingerprint density at radius 1 is 1.64 bits per heavy atom. The molecule has 1 aromatic carbocycles. The predicted octanol–water partition coefficient (Wildman–Crippen LogP) is 0.843. The van der Waals surface area contributed by atoms with Crippen molar-refractivity contribution < 1.29 is 14.3 Å². The van der Waals surface area contributed by atoms with Crippen molar-refractivity contribution in [2.75, 3.05) is 13.1 Å². The van der Waals surface area contributed by atoms with E-state index in [4.69, 9.17) is 5.11 Å². The lowest BCUT2D eigenvalue weighted by molar-refractivity contribution is -0.135. The van der Waals surface area contributed by atoms with Crippen molar-refractivity contribution >= 4 is 5.97 Å². The summed E-state index contributed by atoms with van der Waals surface area (Å²) in [5.74, 6) is -1.28. The standard InChI is InChI=1S/C10H11FNO2/c11-9-3-1-2-8(6-9)4-5-12-7-10(13)14/h1-2,6,12H,4-5,7H2,(H,13,14). The fourth-order valence-electron chi connectivity index (χ4n) is 1.06. The number of aliphatic carboxylic acids is 1. The van der Waals surface area contributed by atoms with Crippen LogP contribution in [0.15, 0.2) is 18.2 Å². The molecule has 0 atom stereocenters. The molecule has 1 aromatic rings. The number of nitrogens with one attached hydrogen (secondary N) is 1. The van der Waals surface area contributed by atoms with Crippen LogP contribution in [0.3, 0.4) is 0 Å². The zero-order valence-corrected chi connectivity index (χ0v) is 7.59. The first-order valence-corrected chi connectivity index (χ1v) is 4.27. The normalized spacial score (nSPS) is 10.1. The van der Waals surface area contributed by atoms with Gasteiger partial charge < -0.3 is 10.4 Å². The van der Waals surface area contributed by atoms with Crippen LogP contribution in [0.2, 0.25) is 0 Å². The molecule has 0 saturated heterocycles. The van der Waals surface area contributed by atoms with E-state index < -0.39 is 5.97 Å². The third-order valence-electron chi connectivity index (χ3n) is 1.70. The number of rotatable bonds is 5. The molecule has 0 saturated carbocycles. The Hall–Kier alpha value is -1.42. The van der Waals surface area contributed by atoms with E-state index in [0.29, 0.717) is 13.0 Å². The second-order valence-corrected chi connectivity index (χ2v) is 2.87. The highest BCUT2D eigenvalue weighted by Crippen LogP contribution is 2.02. The van der Waals surface area contributed by atoms with Crippen molar-refractivity contribution in [2.45, 2.75) is 6.42 Å². The van der Waals surface area contributed by atoms with E-state index in [0.717, 1.165) is 5.56 Å². The smallest absolute Gasteiger partial charge is 0.317 e. The van der Waals surface area contributed by atoms with Crippen LogP contribution in [-0.2, 0) is 11.2 Å². The van der Waals surface area contributed by atoms with E-state index >= 15 is 0 Å². The number of carboxylic acids is 1. The Kier molecular flexibility index (Phi) is 4.07. The SMILES string of the molecule is O=C(O)CNCCc1cc[c]c(F)c1. The van der Waals surface area contributed by atoms with E-state index in [1.165, 1.54) is 12.1 Å². The van der Waals surface area contributed by atoms with Crippen LogP contribution in [0, 0.1) is 11.9 Å². The van der Waals surface area contributed by atoms with Crippen molar-refractivity contribution in [1.82, 2.24) is 5.32 Å². The Bertz CT molecular complexity index is 315. The number of hydrogen-bond donors (Lipinski definition) is 2. The minimum absolute atomic E-state index is 0.0680. The summed E-state index contributed by atoms with van der Waals surface area (Å²) in [5.41, 5.74) is 0.833. The molecule has 3 nitrogen and oxygen atoms in total. The van der Waals surface area contributed by atoms with Gasteiger partial charge in [0.1, 0.15) is 5.82 Å². The summed E-state index contributed by atoms with van der Waals surface area (Å²) in [4.78, 5) is 10.1. The largest absolute Gasteiger partial charge is 0.480 e. The van der Waals surface area contributed by atoms with Crippen LogP contribution < -0.4 is 5.32 Å². The molecule has 0 aliphatic heterocycles. The van der Waals surface area contributed by atoms with Gasteiger partial charge in [-0.05, 0) is 24.6 Å². The molecule has 0 unspecified atom stereocenters. The van der Waals surface area contributed by atoms with Gasteiger partial charge in [-0.3, -0.25) is 4.79 Å². The van der Waals surface area contributed by atoms with Crippen LogP contribution in [-0.4, -0.2) is 24.2 Å². The first-order chi connectivity index (χ1) is 6.68. The molecule has 75 valence electrons. The topological polar surface area (TPSA) is 49.3 Å². The molecule has 0 amide bonds. The maximum Gasteiger partial charge on any atom is 0.317 e. The van der Waals surface area contributed by atoms with Crippen molar-refractivity contribution in [3.8, 4) is 0 Å². The van der Waals surface area contributed by atoms with Gasteiger partial charge in [0.25, 0.3) is 0 Å². The number of carbonyl (C=O) groups is 1. The van der Waals surface area contributed by atoms with Crippen LogP contribution in [0.25, 0.3) is 0 Å². The van der Waals surface area contributed by atoms with Crippen LogP contribution in [0.1, 0.15) is 5.56 Å². The highest BCUT2D eigenvalue weighted by atomic mass is 19.1. The third kappa shape index (κ3) is 4.00. The first kappa shape index (κ1) is 10.7. The molecule has 1 radical (unpaired) electrons. The lowest BCUT2D eigenvalue weighted by Gasteiger charge is -2.01. The van der Waals surface area contributed by atoms with Gasteiger partial charge in [-0.1, -0.05) is 12.1 Å². The second-order valence-electron chi connectivity index (χ2n) is 2.87. The Labute approximate surface area is 81.6 Å². The molecular weight excluding hydrogens is 185 g/mol. The zero-order valence-electron chi connectivity index (χ0n) is 7.59. The molecule has 14 heavy (non-hydrogen) atoms. The molecule has 0 fully saturated rings. The molecule has 4 heteroatoms. The minimum atomic E-state index is -0.891. The quantitative estimate of drug-likeness (QED) is 0.686. The lowest BCUT2D eigenvalue weighted by Crippen LogP contribution is -2.24. The average Bonchev–Trinajstić information content (AvgIpc) is 2.12. The monoisotopic (exact) mass is 196 g/mol. The second kappa shape index (κ2) is 5.34. The molecule has 0 bridgehead atoms. The minimum Gasteiger partial charge on any atom is -0.480 e. The van der Waals surface area contributed by atoms with Crippen LogP contribution in [0.5, 0.6) is 0 Å². The summed E-state index contributed by atoms with van der Waals surface area (Å²) >= 11 is 0. The van der Waals surface area contributed by atoms with Crippen molar-refractivity contribution in [3.05, 3.63) is 35.6 Å². The van der Waals surface area contributed by atoms with Gasteiger partial charge in [-0.25, -0.2) is 4.39 Å². The summed E-state index contributed by atoms with van der Waals surface area (Å²) in [5, 5.41) is 11.0. The molecule has 0 heterocycles. The highest BCUT2D eigenvalue weighted by molar-refractivity contribution is 5.68. The molecular formula is C10H11FNO2. The zero-order chi connectivity index (χ0) is 10.4. The van der Waals surface area contributed by atoms with E-state index in [9.17, 15) is 9.18 Å². The summed E-state index contributed by atoms with van der Waals surface area (Å²) in [6.07, 6.45) is 0.610. The van der Waals surface area contributed by atoms with Crippen molar-refractivity contribution in [1.29, 1.82) is 0 Å². The fourth-order valence-corrected chi connectivity index (χ4v) is 1.06. The molecule has 0 aliphatic carbocycles. The summed E-state index contributed by atoms with van der Waals surface area (Å²) in [6, 6.07) is 7.06. The number of benzene rings is 1. The van der Waals surface area contributed by atoms with E-state index in [1.54, 1.807) is 6.07 Å². The average molecular weight is 196 g/mol. The third-order valence-corrected chi connectivity index (χ3v) is 1.70. The van der Waals surface area contributed by atoms with Gasteiger partial charge in [0.05, 0.1) is 6.54 Å². The molecule has 0 aliphatic rings. The summed E-state index contributed by atoms with van der Waals surface area (Å²) < 4.78 is 12.6. The first-order valence-electron chi connectivity index (χ1n) is 4.27. The number of halogens is 1. The van der Waals surface area contributed by atoms with Crippen LogP contribution in [0.4, 0.5) is 4.39 Å². The van der Waals surface area contributed by atoms with Crippen LogP contribution >= 0.6 is 0 Å². The van der Waals surface area contributed by atoms with Gasteiger partial charge in [-0.2, -0.15) is 0 Å². The van der Waals surface area contributed by atoms with Gasteiger partial charge in [-0.15, -0.1) is 0 Å². The predicted molar refractivity (Wildman–Crippen MR) is 49.4 cm³/mol. The van der Waals surface area contributed by atoms with Gasteiger partial charge in [0.15, 0.2) is 0 Å². The Morgan fingerprint density at radius 3 is 3.07 bits per heavy atom. The lowest BCUT2D eigenvalue weighted by atomic mass is 10.1. The maximum absolute atomic E-state index is 12.6. The van der Waals surface area contributed by atoms with Crippen molar-refractivity contribution in [2.24, 2.45) is 0 Å². The maximum atomic E-state index is 12.6. The van der Waals surface area contributed by atoms with E-state index in [1.807, 2.05) is 0 Å². The van der Waals surface area contributed by atoms with Gasteiger partial charge >= 0.3 is 5.97 Å². The fraction of sp³-hybridized carbons (Fsp3) is 0.300. The van der Waals surface area contributed by atoms with Gasteiger partial charge in [0.2, 0.25) is 0 Å². The highest BCUT2D eigenvalue weighted by Gasteiger charge is 1.97. The Balaban J connectivity index is 2.28. The molecule has 2 N–H and O–H groups in total. The summed E-state index contributed by atoms with van der Waals surface area (Å²) in [6.45, 7) is 0.456. The number of carboxylic acid groups (broad SMARTS) is 1. The number of hydrogen-bond acceptors (Lipinski definition) is 2. The van der Waals surface area contributed by atoms with E-state index in [-0.39, 0.29) is 12.4 Å². The van der Waals surface area contributed by atoms with Gasteiger partial charge in [0, 0.05) is 6.07 Å². The van der Waals surface area contributed by atoms with E-state index in [2.05, 4.69) is 11.4 Å². The molecule has 0 spiro atoms.